The van der Waals surface area contributed by atoms with Crippen LogP contribution in [-0.2, 0) is 9.59 Å². The van der Waals surface area contributed by atoms with Gasteiger partial charge in [-0.15, -0.1) is 0 Å². The maximum atomic E-state index is 11.7. The van der Waals surface area contributed by atoms with Crippen molar-refractivity contribution >= 4 is 46.8 Å². The third kappa shape index (κ3) is 4.95. The Morgan fingerprint density at radius 3 is 2.72 bits per heavy atom. The molecule has 2 aromatic rings. The lowest BCUT2D eigenvalue weighted by molar-refractivity contribution is -0.118. The van der Waals surface area contributed by atoms with Crippen molar-refractivity contribution in [3.63, 3.8) is 0 Å². The predicted molar refractivity (Wildman–Crippen MR) is 97.7 cm³/mol. The van der Waals surface area contributed by atoms with Gasteiger partial charge in [0.1, 0.15) is 11.7 Å². The van der Waals surface area contributed by atoms with Gasteiger partial charge in [-0.2, -0.15) is 0 Å². The molecule has 4 N–H and O–H groups in total. The topological polar surface area (TPSA) is 121 Å². The molecule has 0 radical (unpaired) electrons. The molecule has 0 fully saturated rings. The standard InChI is InChI=1S/C17H16ClN5O2/c1-10(24)23-15-8-11(6-7-21-15)22-9-13(17(20)25)16(19)12-4-2-3-5-14(12)18/h2-9,13,19H,1H3,(H2,20,25)(H,21,23,24). The number of nitrogens with zero attached hydrogens (tertiary/aromatic N) is 2. The molecule has 0 aliphatic carbocycles. The number of hydrogen-bond donors (Lipinski definition) is 3. The van der Waals surface area contributed by atoms with Gasteiger partial charge in [0, 0.05) is 36.0 Å². The summed E-state index contributed by atoms with van der Waals surface area (Å²) in [5.74, 6) is -1.69. The van der Waals surface area contributed by atoms with Gasteiger partial charge in [-0.3, -0.25) is 14.6 Å². The smallest absolute Gasteiger partial charge is 0.232 e. The number of benzene rings is 1. The van der Waals surface area contributed by atoms with Gasteiger partial charge in [0.05, 0.1) is 11.4 Å². The van der Waals surface area contributed by atoms with Crippen LogP contribution in [0.4, 0.5) is 11.5 Å². The molecule has 2 rings (SSSR count). The first-order valence-electron chi connectivity index (χ1n) is 7.29. The van der Waals surface area contributed by atoms with E-state index in [1.165, 1.54) is 25.4 Å². The number of rotatable bonds is 6. The summed E-state index contributed by atoms with van der Waals surface area (Å²) in [6, 6.07) is 9.84. The van der Waals surface area contributed by atoms with Gasteiger partial charge < -0.3 is 16.5 Å². The number of hydrogen-bond acceptors (Lipinski definition) is 5. The highest BCUT2D eigenvalue weighted by atomic mass is 35.5. The fraction of sp³-hybridized carbons (Fsp3) is 0.118. The fourth-order valence-corrected chi connectivity index (χ4v) is 2.28. The van der Waals surface area contributed by atoms with Crippen LogP contribution < -0.4 is 11.1 Å². The zero-order valence-electron chi connectivity index (χ0n) is 13.4. The number of amides is 2. The highest BCUT2D eigenvalue weighted by Gasteiger charge is 2.21. The molecule has 1 unspecified atom stereocenters. The van der Waals surface area contributed by atoms with Gasteiger partial charge in [-0.1, -0.05) is 29.8 Å². The molecule has 0 aliphatic heterocycles. The van der Waals surface area contributed by atoms with Crippen LogP contribution in [0.3, 0.4) is 0 Å². The van der Waals surface area contributed by atoms with E-state index in [1.54, 1.807) is 30.3 Å². The molecule has 0 saturated carbocycles. The van der Waals surface area contributed by atoms with E-state index in [0.717, 1.165) is 0 Å². The maximum absolute atomic E-state index is 11.7. The number of pyridine rings is 1. The molecule has 128 valence electrons. The van der Waals surface area contributed by atoms with Crippen molar-refractivity contribution in [3.05, 3.63) is 53.2 Å². The zero-order chi connectivity index (χ0) is 18.4. The largest absolute Gasteiger partial charge is 0.369 e. The molecule has 1 atom stereocenters. The lowest BCUT2D eigenvalue weighted by atomic mass is 9.97. The molecule has 1 aromatic heterocycles. The van der Waals surface area contributed by atoms with E-state index in [0.29, 0.717) is 22.1 Å². The van der Waals surface area contributed by atoms with Gasteiger partial charge >= 0.3 is 0 Å². The summed E-state index contributed by atoms with van der Waals surface area (Å²) < 4.78 is 0. The third-order valence-electron chi connectivity index (χ3n) is 3.20. The average molecular weight is 358 g/mol. The molecule has 7 nitrogen and oxygen atoms in total. The Morgan fingerprint density at radius 2 is 2.08 bits per heavy atom. The first-order valence-corrected chi connectivity index (χ1v) is 7.66. The number of carbonyl (C=O) groups is 2. The van der Waals surface area contributed by atoms with Crippen molar-refractivity contribution in [1.82, 2.24) is 4.98 Å². The molecular formula is C17H16ClN5O2. The Bertz CT molecular complexity index is 850. The number of carbonyl (C=O) groups excluding carboxylic acids is 2. The van der Waals surface area contributed by atoms with Crippen molar-refractivity contribution in [1.29, 1.82) is 5.41 Å². The third-order valence-corrected chi connectivity index (χ3v) is 3.53. The summed E-state index contributed by atoms with van der Waals surface area (Å²) in [6.45, 7) is 1.37. The second kappa shape index (κ2) is 8.16. The molecule has 0 saturated heterocycles. The first-order chi connectivity index (χ1) is 11.9. The van der Waals surface area contributed by atoms with Crippen LogP contribution >= 0.6 is 11.6 Å². The number of nitrogens with two attached hydrogens (primary N) is 1. The van der Waals surface area contributed by atoms with Crippen LogP contribution in [0.15, 0.2) is 47.6 Å². The van der Waals surface area contributed by atoms with E-state index in [-0.39, 0.29) is 11.6 Å². The number of aromatic nitrogens is 1. The monoisotopic (exact) mass is 357 g/mol. The van der Waals surface area contributed by atoms with Crippen LogP contribution in [0.25, 0.3) is 0 Å². The summed E-state index contributed by atoms with van der Waals surface area (Å²) >= 11 is 6.07. The van der Waals surface area contributed by atoms with E-state index in [9.17, 15) is 9.59 Å². The van der Waals surface area contributed by atoms with Crippen molar-refractivity contribution in [2.75, 3.05) is 5.32 Å². The fourth-order valence-electron chi connectivity index (χ4n) is 2.05. The van der Waals surface area contributed by atoms with Crippen molar-refractivity contribution in [2.24, 2.45) is 16.6 Å². The van der Waals surface area contributed by atoms with E-state index in [2.05, 4.69) is 15.3 Å². The van der Waals surface area contributed by atoms with Crippen LogP contribution in [0.2, 0.25) is 5.02 Å². The highest BCUT2D eigenvalue weighted by Crippen LogP contribution is 2.20. The molecule has 25 heavy (non-hydrogen) atoms. The molecule has 8 heteroatoms. The normalized spacial score (nSPS) is 11.9. The van der Waals surface area contributed by atoms with Crippen LogP contribution in [0.1, 0.15) is 12.5 Å². The predicted octanol–water partition coefficient (Wildman–Crippen LogP) is 2.57. The van der Waals surface area contributed by atoms with Crippen molar-refractivity contribution < 1.29 is 9.59 Å². The Balaban J connectivity index is 2.26. The van der Waals surface area contributed by atoms with Gasteiger partial charge in [-0.25, -0.2) is 4.98 Å². The van der Waals surface area contributed by atoms with Crippen molar-refractivity contribution in [3.8, 4) is 0 Å². The number of halogens is 1. The van der Waals surface area contributed by atoms with Crippen molar-refractivity contribution in [2.45, 2.75) is 6.92 Å². The number of nitrogens with one attached hydrogen (secondary N) is 2. The lowest BCUT2D eigenvalue weighted by Gasteiger charge is -2.11. The first kappa shape index (κ1) is 18.3. The second-order valence-electron chi connectivity index (χ2n) is 5.13. The Kier molecular flexibility index (Phi) is 5.97. The van der Waals surface area contributed by atoms with Gasteiger partial charge in [0.15, 0.2) is 0 Å². The highest BCUT2D eigenvalue weighted by molar-refractivity contribution is 6.35. The molecular weight excluding hydrogens is 342 g/mol. The van der Waals surface area contributed by atoms with E-state index < -0.39 is 11.8 Å². The summed E-state index contributed by atoms with van der Waals surface area (Å²) in [5, 5.41) is 11.1. The van der Waals surface area contributed by atoms with E-state index >= 15 is 0 Å². The van der Waals surface area contributed by atoms with Gasteiger partial charge in [0.25, 0.3) is 0 Å². The number of primary amides is 1. The van der Waals surface area contributed by atoms with E-state index in [1.807, 2.05) is 0 Å². The number of anilines is 1. The minimum atomic E-state index is -1.04. The maximum Gasteiger partial charge on any atom is 0.232 e. The number of aliphatic imine (C=N–C) groups is 1. The minimum Gasteiger partial charge on any atom is -0.369 e. The molecule has 1 aromatic carbocycles. The Labute approximate surface area is 149 Å². The van der Waals surface area contributed by atoms with Crippen LogP contribution in [-0.4, -0.2) is 28.7 Å². The molecule has 0 bridgehead atoms. The second-order valence-corrected chi connectivity index (χ2v) is 5.54. The quantitative estimate of drug-likeness (QED) is 0.688. The van der Waals surface area contributed by atoms with Gasteiger partial charge in [0.2, 0.25) is 11.8 Å². The summed E-state index contributed by atoms with van der Waals surface area (Å²) in [6.07, 6.45) is 2.75. The summed E-state index contributed by atoms with van der Waals surface area (Å²) in [5.41, 5.74) is 6.22. The van der Waals surface area contributed by atoms with Crippen LogP contribution in [0.5, 0.6) is 0 Å². The average Bonchev–Trinajstić information content (AvgIpc) is 2.54. The van der Waals surface area contributed by atoms with Gasteiger partial charge in [-0.05, 0) is 12.1 Å². The SMILES string of the molecule is CC(=O)Nc1cc(N=CC(C(=N)c2ccccc2Cl)C(N)=O)ccn1. The lowest BCUT2D eigenvalue weighted by Crippen LogP contribution is -2.31. The van der Waals surface area contributed by atoms with E-state index in [4.69, 9.17) is 22.7 Å². The summed E-state index contributed by atoms with van der Waals surface area (Å²) in [7, 11) is 0. The molecule has 1 heterocycles. The van der Waals surface area contributed by atoms with Crippen LogP contribution in [0, 0.1) is 11.3 Å². The zero-order valence-corrected chi connectivity index (χ0v) is 14.1. The molecule has 2 amide bonds. The minimum absolute atomic E-state index is 0.0435. The molecule has 0 aliphatic rings. The molecule has 0 spiro atoms. The Morgan fingerprint density at radius 1 is 1.36 bits per heavy atom. The Hall–Kier alpha value is -3.06. The summed E-state index contributed by atoms with van der Waals surface area (Å²) in [4.78, 5) is 31.0.